The van der Waals surface area contributed by atoms with Gasteiger partial charge >= 0.3 is 0 Å². The van der Waals surface area contributed by atoms with Gasteiger partial charge in [-0.2, -0.15) is 0 Å². The fourth-order valence-electron chi connectivity index (χ4n) is 2.84. The molecule has 90 valence electrons. The Morgan fingerprint density at radius 2 is 1.76 bits per heavy atom. The highest BCUT2D eigenvalue weighted by Gasteiger charge is 2.20. The van der Waals surface area contributed by atoms with Gasteiger partial charge in [0.25, 0.3) is 0 Å². The van der Waals surface area contributed by atoms with Crippen molar-refractivity contribution in [1.29, 1.82) is 0 Å². The summed E-state index contributed by atoms with van der Waals surface area (Å²) in [5, 5.41) is 0. The highest BCUT2D eigenvalue weighted by atomic mass is 14.2. The average Bonchev–Trinajstić information content (AvgIpc) is 2.40. The Morgan fingerprint density at radius 1 is 1.12 bits per heavy atom. The van der Waals surface area contributed by atoms with Gasteiger partial charge in [-0.3, -0.25) is 0 Å². The van der Waals surface area contributed by atoms with Gasteiger partial charge in [-0.05, 0) is 49.1 Å². The minimum absolute atomic E-state index is 0.533. The molecule has 0 spiro atoms. The lowest BCUT2D eigenvalue weighted by Crippen LogP contribution is -2.11. The fraction of sp³-hybridized carbons (Fsp3) is 0.529. The summed E-state index contributed by atoms with van der Waals surface area (Å²) in [7, 11) is 0. The third-order valence-corrected chi connectivity index (χ3v) is 3.95. The van der Waals surface area contributed by atoms with Crippen LogP contribution < -0.4 is 0 Å². The molecule has 1 aliphatic carbocycles. The van der Waals surface area contributed by atoms with E-state index in [9.17, 15) is 0 Å². The molecule has 1 aliphatic rings. The minimum atomic E-state index is 0.533. The third-order valence-electron chi connectivity index (χ3n) is 3.95. The van der Waals surface area contributed by atoms with E-state index in [2.05, 4.69) is 37.1 Å². The predicted molar refractivity (Wildman–Crippen MR) is 74.0 cm³/mol. The quantitative estimate of drug-likeness (QED) is 0.663. The van der Waals surface area contributed by atoms with Gasteiger partial charge < -0.3 is 0 Å². The van der Waals surface area contributed by atoms with Crippen molar-refractivity contribution >= 4 is 0 Å². The summed E-state index contributed by atoms with van der Waals surface area (Å²) in [5.41, 5.74) is 2.98. The second-order valence-corrected chi connectivity index (χ2v) is 5.21. The molecule has 2 rings (SSSR count). The number of hydrogen-bond acceptors (Lipinski definition) is 0. The summed E-state index contributed by atoms with van der Waals surface area (Å²) < 4.78 is 0. The van der Waals surface area contributed by atoms with Crippen LogP contribution in [0.15, 0.2) is 24.3 Å². The molecule has 0 nitrogen and oxygen atoms in total. The molecule has 0 unspecified atom stereocenters. The number of rotatable bonds is 3. The van der Waals surface area contributed by atoms with Gasteiger partial charge in [0.1, 0.15) is 0 Å². The molecule has 1 aromatic rings. The molecular weight excluding hydrogens is 204 g/mol. The van der Waals surface area contributed by atoms with Crippen LogP contribution in [0.1, 0.15) is 56.1 Å². The molecule has 1 fully saturated rings. The lowest BCUT2D eigenvalue weighted by atomic mass is 9.79. The summed E-state index contributed by atoms with van der Waals surface area (Å²) in [6, 6.07) is 9.25. The zero-order valence-electron chi connectivity index (χ0n) is 10.8. The van der Waals surface area contributed by atoms with Crippen LogP contribution in [0.3, 0.4) is 0 Å². The van der Waals surface area contributed by atoms with E-state index in [1.54, 1.807) is 0 Å². The molecule has 0 amide bonds. The molecule has 1 aromatic carbocycles. The highest BCUT2D eigenvalue weighted by Crippen LogP contribution is 2.35. The second-order valence-electron chi connectivity index (χ2n) is 5.21. The maximum Gasteiger partial charge on any atom is 0.0200 e. The van der Waals surface area contributed by atoms with Crippen LogP contribution in [0.2, 0.25) is 0 Å². The topological polar surface area (TPSA) is 0 Å². The van der Waals surface area contributed by atoms with Gasteiger partial charge in [-0.1, -0.05) is 37.6 Å². The zero-order chi connectivity index (χ0) is 12.1. The van der Waals surface area contributed by atoms with Gasteiger partial charge in [0.15, 0.2) is 0 Å². The summed E-state index contributed by atoms with van der Waals surface area (Å²) in [6.45, 7) is 2.23. The first kappa shape index (κ1) is 12.2. The molecule has 0 radical (unpaired) electrons. The fourth-order valence-corrected chi connectivity index (χ4v) is 2.84. The Hall–Kier alpha value is -1.22. The monoisotopic (exact) mass is 226 g/mol. The van der Waals surface area contributed by atoms with Gasteiger partial charge in [0.2, 0.25) is 0 Å². The van der Waals surface area contributed by atoms with Gasteiger partial charge in [-0.15, -0.1) is 12.3 Å². The molecule has 17 heavy (non-hydrogen) atoms. The van der Waals surface area contributed by atoms with Crippen molar-refractivity contribution in [1.82, 2.24) is 0 Å². The van der Waals surface area contributed by atoms with Crippen LogP contribution in [0.5, 0.6) is 0 Å². The smallest absolute Gasteiger partial charge is 0.0200 e. The first-order valence-corrected chi connectivity index (χ1v) is 6.88. The maximum absolute atomic E-state index is 5.49. The molecule has 0 aromatic heterocycles. The van der Waals surface area contributed by atoms with Gasteiger partial charge in [-0.25, -0.2) is 0 Å². The van der Waals surface area contributed by atoms with E-state index in [1.165, 1.54) is 49.7 Å². The molecule has 0 aliphatic heterocycles. The van der Waals surface area contributed by atoms with Gasteiger partial charge in [0.05, 0.1) is 0 Å². The minimum Gasteiger partial charge on any atom is -0.120 e. The van der Waals surface area contributed by atoms with Gasteiger partial charge in [0, 0.05) is 5.92 Å². The zero-order valence-corrected chi connectivity index (χ0v) is 10.8. The maximum atomic E-state index is 5.49. The molecule has 0 bridgehead atoms. The Bertz CT molecular complexity index is 371. The van der Waals surface area contributed by atoms with Crippen molar-refractivity contribution in [2.45, 2.75) is 51.4 Å². The summed E-state index contributed by atoms with van der Waals surface area (Å²) in [4.78, 5) is 0. The van der Waals surface area contributed by atoms with Crippen LogP contribution in [-0.4, -0.2) is 0 Å². The number of terminal acetylenes is 1. The van der Waals surface area contributed by atoms with Crippen molar-refractivity contribution in [2.75, 3.05) is 0 Å². The molecule has 0 heterocycles. The SMILES string of the molecule is C#CC1CCC(c2ccc(CCC)cc2)CC1. The van der Waals surface area contributed by atoms with Crippen LogP contribution in [0, 0.1) is 18.3 Å². The Labute approximate surface area is 105 Å². The Kier molecular flexibility index (Phi) is 4.26. The van der Waals surface area contributed by atoms with E-state index in [0.717, 1.165) is 5.92 Å². The van der Waals surface area contributed by atoms with Crippen LogP contribution in [0.25, 0.3) is 0 Å². The standard InChI is InChI=1S/C17H22/c1-3-5-15-8-12-17(13-9-15)16-10-6-14(4-2)7-11-16/h2,8-9,12-14,16H,3,5-7,10-11H2,1H3. The Morgan fingerprint density at radius 3 is 2.29 bits per heavy atom. The molecule has 0 saturated heterocycles. The predicted octanol–water partition coefficient (Wildman–Crippen LogP) is 4.55. The first-order chi connectivity index (χ1) is 8.33. The molecular formula is C17H22. The largest absolute Gasteiger partial charge is 0.120 e. The number of hydrogen-bond donors (Lipinski definition) is 0. The molecule has 1 saturated carbocycles. The summed E-state index contributed by atoms with van der Waals surface area (Å²) in [6.07, 6.45) is 12.9. The van der Waals surface area contributed by atoms with Crippen molar-refractivity contribution in [3.05, 3.63) is 35.4 Å². The normalized spacial score (nSPS) is 24.2. The molecule has 0 heteroatoms. The van der Waals surface area contributed by atoms with E-state index in [4.69, 9.17) is 6.42 Å². The van der Waals surface area contributed by atoms with Crippen molar-refractivity contribution in [3.8, 4) is 12.3 Å². The van der Waals surface area contributed by atoms with E-state index in [-0.39, 0.29) is 0 Å². The Balaban J connectivity index is 1.97. The lowest BCUT2D eigenvalue weighted by molar-refractivity contribution is 0.385. The van der Waals surface area contributed by atoms with Crippen LogP contribution in [0.4, 0.5) is 0 Å². The number of aryl methyl sites for hydroxylation is 1. The highest BCUT2D eigenvalue weighted by molar-refractivity contribution is 5.26. The first-order valence-electron chi connectivity index (χ1n) is 6.88. The number of benzene rings is 1. The summed E-state index contributed by atoms with van der Waals surface area (Å²) >= 11 is 0. The third kappa shape index (κ3) is 3.13. The van der Waals surface area contributed by atoms with E-state index in [0.29, 0.717) is 5.92 Å². The van der Waals surface area contributed by atoms with Crippen molar-refractivity contribution < 1.29 is 0 Å². The van der Waals surface area contributed by atoms with E-state index in [1.807, 2.05) is 0 Å². The average molecular weight is 226 g/mol. The molecule has 0 atom stereocenters. The lowest BCUT2D eigenvalue weighted by Gasteiger charge is -2.26. The van der Waals surface area contributed by atoms with Crippen LogP contribution in [-0.2, 0) is 6.42 Å². The molecule has 0 N–H and O–H groups in total. The summed E-state index contributed by atoms with van der Waals surface area (Å²) in [5.74, 6) is 4.18. The van der Waals surface area contributed by atoms with Crippen molar-refractivity contribution in [2.24, 2.45) is 5.92 Å². The second kappa shape index (κ2) is 5.92. The van der Waals surface area contributed by atoms with E-state index >= 15 is 0 Å². The van der Waals surface area contributed by atoms with Crippen molar-refractivity contribution in [3.63, 3.8) is 0 Å². The van der Waals surface area contributed by atoms with Crippen LogP contribution >= 0.6 is 0 Å². The van der Waals surface area contributed by atoms with E-state index < -0.39 is 0 Å².